The van der Waals surface area contributed by atoms with Crippen LogP contribution in [0.25, 0.3) is 0 Å². The molecule has 3 aliphatic rings. The largest absolute Gasteiger partial charge is 0.390 e. The first-order valence-corrected chi connectivity index (χ1v) is 18.1. The fraction of sp³-hybridized carbons (Fsp3) is 0.714. The van der Waals surface area contributed by atoms with Gasteiger partial charge in [0.25, 0.3) is 0 Å². The Labute approximate surface area is 284 Å². The predicted octanol–water partition coefficient (Wildman–Crippen LogP) is 1.93. The van der Waals surface area contributed by atoms with Gasteiger partial charge >= 0.3 is 0 Å². The SMILES string of the molecule is CCNC(=O)[C@@H](NC(=O)Cc1ccccc1)[C@@H]1N[C@@H](C(=O)NCC(O)CN2C[C@H]3CCCC[C@H]3C[C@H]2C(=O)NC(C)(C)C)C(C)(C)S1. The molecule has 4 amide bonds. The molecule has 47 heavy (non-hydrogen) atoms. The summed E-state index contributed by atoms with van der Waals surface area (Å²) in [7, 11) is 0. The number of nitrogens with one attached hydrogen (secondary N) is 5. The van der Waals surface area contributed by atoms with Crippen LogP contribution in [0.2, 0.25) is 0 Å². The van der Waals surface area contributed by atoms with Crippen LogP contribution >= 0.6 is 11.8 Å². The Morgan fingerprint density at radius 1 is 1.04 bits per heavy atom. The number of carbonyl (C=O) groups excluding carboxylic acids is 4. The van der Waals surface area contributed by atoms with Crippen molar-refractivity contribution >= 4 is 35.4 Å². The third-order valence-electron chi connectivity index (χ3n) is 9.44. The average molecular weight is 673 g/mol. The molecule has 1 unspecified atom stereocenters. The van der Waals surface area contributed by atoms with Crippen molar-refractivity contribution in [1.82, 2.24) is 31.5 Å². The van der Waals surface area contributed by atoms with Crippen LogP contribution in [0, 0.1) is 11.8 Å². The average Bonchev–Trinajstić information content (AvgIpc) is 3.32. The third kappa shape index (κ3) is 10.4. The maximum Gasteiger partial charge on any atom is 0.245 e. The quantitative estimate of drug-likeness (QED) is 0.197. The topological polar surface area (TPSA) is 152 Å². The van der Waals surface area contributed by atoms with Crippen molar-refractivity contribution in [2.45, 2.75) is 120 Å². The molecule has 11 nitrogen and oxygen atoms in total. The minimum absolute atomic E-state index is 0.00439. The fourth-order valence-corrected chi connectivity index (χ4v) is 8.70. The first kappa shape index (κ1) is 37.2. The van der Waals surface area contributed by atoms with Gasteiger partial charge < -0.3 is 26.4 Å². The van der Waals surface area contributed by atoms with E-state index in [0.717, 1.165) is 31.4 Å². The first-order valence-electron chi connectivity index (χ1n) is 17.2. The van der Waals surface area contributed by atoms with Gasteiger partial charge in [-0.3, -0.25) is 29.4 Å². The van der Waals surface area contributed by atoms with E-state index in [1.807, 2.05) is 71.9 Å². The molecule has 1 aromatic rings. The second-order valence-electron chi connectivity index (χ2n) is 15.0. The maximum atomic E-state index is 13.5. The van der Waals surface area contributed by atoms with E-state index in [-0.39, 0.29) is 54.7 Å². The zero-order valence-corrected chi connectivity index (χ0v) is 29.8. The fourth-order valence-electron chi connectivity index (χ4n) is 7.20. The van der Waals surface area contributed by atoms with Crippen LogP contribution < -0.4 is 26.6 Å². The third-order valence-corrected chi connectivity index (χ3v) is 10.9. The molecule has 2 saturated heterocycles. The molecule has 0 spiro atoms. The highest BCUT2D eigenvalue weighted by atomic mass is 32.2. The van der Waals surface area contributed by atoms with E-state index in [1.165, 1.54) is 24.6 Å². The van der Waals surface area contributed by atoms with Crippen molar-refractivity contribution in [3.63, 3.8) is 0 Å². The number of rotatable bonds is 12. The number of amides is 4. The van der Waals surface area contributed by atoms with Gasteiger partial charge in [-0.1, -0.05) is 49.6 Å². The summed E-state index contributed by atoms with van der Waals surface area (Å²) in [6.07, 6.45) is 4.77. The Hall–Kier alpha value is -2.67. The van der Waals surface area contributed by atoms with Crippen molar-refractivity contribution in [3.05, 3.63) is 35.9 Å². The van der Waals surface area contributed by atoms with E-state index in [2.05, 4.69) is 31.5 Å². The number of likely N-dealkylation sites (N-methyl/N-ethyl adjacent to an activating group) is 1. The standard InChI is InChI=1S/C35H56N6O5S/c1-7-36-31(45)28(38-27(43)17-22-13-9-8-10-14-22)33-39-29(35(5,6)47-33)32(46)37-19-25(42)21-41-20-24-16-12-11-15-23(24)18-26(41)30(44)40-34(2,3)4/h8-10,13-14,23-26,28-29,33,39,42H,7,11-12,15-21H2,1-6H3,(H,36,45)(H,37,46)(H,38,43)(H,40,44)/t23-,24+,25?,26-,28+,29-,33+/m0/s1. The van der Waals surface area contributed by atoms with Gasteiger partial charge in [0.2, 0.25) is 23.6 Å². The molecular weight excluding hydrogens is 616 g/mol. The highest BCUT2D eigenvalue weighted by molar-refractivity contribution is 8.01. The molecule has 0 radical (unpaired) electrons. The van der Waals surface area contributed by atoms with Crippen LogP contribution in [0.1, 0.15) is 79.2 Å². The van der Waals surface area contributed by atoms with E-state index in [0.29, 0.717) is 18.4 Å². The molecule has 2 aliphatic heterocycles. The number of carbonyl (C=O) groups is 4. The van der Waals surface area contributed by atoms with Crippen molar-refractivity contribution in [2.24, 2.45) is 11.8 Å². The zero-order chi connectivity index (χ0) is 34.4. The summed E-state index contributed by atoms with van der Waals surface area (Å²) >= 11 is 1.43. The lowest BCUT2D eigenvalue weighted by Crippen LogP contribution is -2.60. The Bertz CT molecular complexity index is 1240. The Morgan fingerprint density at radius 3 is 2.38 bits per heavy atom. The number of thioether (sulfide) groups is 1. The van der Waals surface area contributed by atoms with Gasteiger partial charge in [-0.15, -0.1) is 11.8 Å². The number of piperidine rings is 1. The molecule has 3 fully saturated rings. The summed E-state index contributed by atoms with van der Waals surface area (Å²) in [6.45, 7) is 13.1. The summed E-state index contributed by atoms with van der Waals surface area (Å²) in [6, 6.07) is 7.46. The number of likely N-dealkylation sites (tertiary alicyclic amines) is 1. The van der Waals surface area contributed by atoms with Crippen LogP contribution in [0.3, 0.4) is 0 Å². The van der Waals surface area contributed by atoms with E-state index in [9.17, 15) is 24.3 Å². The number of aliphatic hydroxyl groups excluding tert-OH is 1. The van der Waals surface area contributed by atoms with Crippen LogP contribution in [0.4, 0.5) is 0 Å². The number of aliphatic hydroxyl groups is 1. The minimum Gasteiger partial charge on any atom is -0.390 e. The molecular formula is C35H56N6O5S. The number of benzene rings is 1. The van der Waals surface area contributed by atoms with Gasteiger partial charge in [-0.05, 0) is 71.8 Å². The van der Waals surface area contributed by atoms with Gasteiger partial charge in [0, 0.05) is 36.5 Å². The van der Waals surface area contributed by atoms with Crippen LogP contribution in [0.15, 0.2) is 30.3 Å². The molecule has 7 atom stereocenters. The molecule has 2 heterocycles. The van der Waals surface area contributed by atoms with Gasteiger partial charge in [-0.2, -0.15) is 0 Å². The molecule has 4 rings (SSSR count). The smallest absolute Gasteiger partial charge is 0.245 e. The van der Waals surface area contributed by atoms with Gasteiger partial charge in [-0.25, -0.2) is 0 Å². The molecule has 1 aliphatic carbocycles. The lowest BCUT2D eigenvalue weighted by Gasteiger charge is -2.46. The normalized spacial score (nSPS) is 27.2. The number of fused-ring (bicyclic) bond motifs is 1. The van der Waals surface area contributed by atoms with Crippen LogP contribution in [0.5, 0.6) is 0 Å². The van der Waals surface area contributed by atoms with Gasteiger partial charge in [0.05, 0.1) is 23.9 Å². The summed E-state index contributed by atoms with van der Waals surface area (Å²) in [4.78, 5) is 55.1. The van der Waals surface area contributed by atoms with Crippen molar-refractivity contribution in [2.75, 3.05) is 26.2 Å². The monoisotopic (exact) mass is 672 g/mol. The lowest BCUT2D eigenvalue weighted by molar-refractivity contribution is -0.133. The Kier molecular flexibility index (Phi) is 12.8. The van der Waals surface area contributed by atoms with Crippen molar-refractivity contribution in [3.8, 4) is 0 Å². The van der Waals surface area contributed by atoms with Crippen molar-refractivity contribution in [1.29, 1.82) is 0 Å². The first-order chi connectivity index (χ1) is 22.2. The number of hydrogen-bond donors (Lipinski definition) is 6. The Balaban J connectivity index is 1.36. The molecule has 12 heteroatoms. The van der Waals surface area contributed by atoms with E-state index < -0.39 is 28.3 Å². The predicted molar refractivity (Wildman–Crippen MR) is 185 cm³/mol. The number of nitrogens with zero attached hydrogens (tertiary/aromatic N) is 1. The minimum atomic E-state index is -0.891. The second kappa shape index (κ2) is 16.2. The van der Waals surface area contributed by atoms with Gasteiger partial charge in [0.1, 0.15) is 12.1 Å². The van der Waals surface area contributed by atoms with Crippen LogP contribution in [-0.4, -0.2) is 99.7 Å². The van der Waals surface area contributed by atoms with Crippen LogP contribution in [-0.2, 0) is 25.6 Å². The summed E-state index contributed by atoms with van der Waals surface area (Å²) in [5, 5.41) is 25.6. The van der Waals surface area contributed by atoms with Gasteiger partial charge in [0.15, 0.2) is 0 Å². The Morgan fingerprint density at radius 2 is 1.72 bits per heavy atom. The zero-order valence-electron chi connectivity index (χ0n) is 28.9. The molecule has 0 aromatic heterocycles. The summed E-state index contributed by atoms with van der Waals surface area (Å²) in [5.41, 5.74) is 0.489. The highest BCUT2D eigenvalue weighted by Crippen LogP contribution is 2.40. The molecule has 0 bridgehead atoms. The van der Waals surface area contributed by atoms with E-state index >= 15 is 0 Å². The second-order valence-corrected chi connectivity index (χ2v) is 16.8. The number of hydrogen-bond acceptors (Lipinski definition) is 8. The summed E-state index contributed by atoms with van der Waals surface area (Å²) in [5.74, 6) is 0.152. The molecule has 1 saturated carbocycles. The van der Waals surface area contributed by atoms with Crippen molar-refractivity contribution < 1.29 is 24.3 Å². The lowest BCUT2D eigenvalue weighted by atomic mass is 9.72. The highest BCUT2D eigenvalue weighted by Gasteiger charge is 2.49. The van der Waals surface area contributed by atoms with E-state index in [4.69, 9.17) is 0 Å². The number of β-amino-alcohol motifs (C(OH)–C–C–N with tert-alkyl or cyclic N) is 1. The maximum absolute atomic E-state index is 13.5. The molecule has 1 aromatic carbocycles. The summed E-state index contributed by atoms with van der Waals surface area (Å²) < 4.78 is -0.604. The molecule has 6 N–H and O–H groups in total. The van der Waals surface area contributed by atoms with E-state index in [1.54, 1.807) is 0 Å². The molecule has 262 valence electrons.